The second-order valence-corrected chi connectivity index (χ2v) is 9.44. The fourth-order valence-corrected chi connectivity index (χ4v) is 5.27. The molecule has 2 aromatic rings. The number of aryl methyl sites for hydroxylation is 2. The first kappa shape index (κ1) is 21.3. The highest BCUT2D eigenvalue weighted by molar-refractivity contribution is 6.30. The van der Waals surface area contributed by atoms with E-state index in [1.54, 1.807) is 11.0 Å². The van der Waals surface area contributed by atoms with Crippen LogP contribution in [-0.2, 0) is 24.4 Å². The number of nitrogens with zero attached hydrogens (tertiary/aromatic N) is 4. The third-order valence-electron chi connectivity index (χ3n) is 6.56. The zero-order valence-electron chi connectivity index (χ0n) is 18.2. The molecule has 4 aliphatic rings. The lowest BCUT2D eigenvalue weighted by Crippen LogP contribution is -2.62. The molecule has 8 nitrogen and oxygen atoms in total. The Hall–Kier alpha value is -2.58. The molecule has 32 heavy (non-hydrogen) atoms. The van der Waals surface area contributed by atoms with Gasteiger partial charge in [-0.15, -0.1) is 0 Å². The molecule has 2 unspecified atom stereocenters. The number of amides is 2. The normalized spacial score (nSPS) is 22.4. The Morgan fingerprint density at radius 1 is 1.22 bits per heavy atom. The van der Waals surface area contributed by atoms with Crippen LogP contribution in [0.25, 0.3) is 0 Å². The predicted octanol–water partition coefficient (Wildman–Crippen LogP) is 2.96. The fourth-order valence-electron chi connectivity index (χ4n) is 4.96. The first-order valence-corrected chi connectivity index (χ1v) is 11.6. The van der Waals surface area contributed by atoms with Gasteiger partial charge < -0.3 is 19.9 Å². The van der Waals surface area contributed by atoms with Crippen molar-refractivity contribution in [3.63, 3.8) is 0 Å². The standard InChI is InChI=1S/C23H28ClN5O3/c1-15-7-16(9-17(24)8-15)14-32-23(31)27-5-2-6-29-20(13-27)10-21(26-29)22(30)28-12-18-3-4-19(28)11-25-18/h7-10,18-19,25H,2-6,11-14H2,1H3. The van der Waals surface area contributed by atoms with Gasteiger partial charge in [-0.25, -0.2) is 4.79 Å². The van der Waals surface area contributed by atoms with Crippen LogP contribution in [0.3, 0.4) is 0 Å². The van der Waals surface area contributed by atoms with Crippen molar-refractivity contribution < 1.29 is 14.3 Å². The number of halogens is 1. The molecule has 1 aromatic carbocycles. The molecule has 2 amide bonds. The van der Waals surface area contributed by atoms with Gasteiger partial charge in [0.05, 0.1) is 12.2 Å². The maximum absolute atomic E-state index is 13.1. The van der Waals surface area contributed by atoms with Gasteiger partial charge in [0.1, 0.15) is 6.61 Å². The predicted molar refractivity (Wildman–Crippen MR) is 119 cm³/mol. The zero-order valence-corrected chi connectivity index (χ0v) is 19.0. The van der Waals surface area contributed by atoms with E-state index in [0.29, 0.717) is 36.4 Å². The number of hydrogen-bond donors (Lipinski definition) is 1. The van der Waals surface area contributed by atoms with E-state index in [0.717, 1.165) is 49.2 Å². The van der Waals surface area contributed by atoms with E-state index < -0.39 is 0 Å². The monoisotopic (exact) mass is 457 g/mol. The molecule has 2 atom stereocenters. The molecule has 0 saturated carbocycles. The SMILES string of the molecule is Cc1cc(Cl)cc(COC(=O)N2CCCn3nc(C(=O)N4CC5CCC4CN5)cc3C2)c1. The van der Waals surface area contributed by atoms with Gasteiger partial charge in [-0.2, -0.15) is 5.10 Å². The Labute approximate surface area is 192 Å². The minimum Gasteiger partial charge on any atom is -0.445 e. The average Bonchev–Trinajstić information content (AvgIpc) is 3.08. The van der Waals surface area contributed by atoms with Crippen molar-refractivity contribution >= 4 is 23.6 Å². The average molecular weight is 458 g/mol. The molecule has 6 rings (SSSR count). The summed E-state index contributed by atoms with van der Waals surface area (Å²) in [6, 6.07) is 8.10. The molecule has 9 heteroatoms. The van der Waals surface area contributed by atoms with Crippen LogP contribution >= 0.6 is 11.6 Å². The molecular weight excluding hydrogens is 430 g/mol. The van der Waals surface area contributed by atoms with E-state index in [9.17, 15) is 9.59 Å². The molecule has 0 spiro atoms. The van der Waals surface area contributed by atoms with Crippen molar-refractivity contribution in [3.8, 4) is 0 Å². The van der Waals surface area contributed by atoms with Crippen LogP contribution in [0.4, 0.5) is 4.79 Å². The number of hydrogen-bond acceptors (Lipinski definition) is 5. The Morgan fingerprint density at radius 2 is 2.09 bits per heavy atom. The second kappa shape index (κ2) is 8.75. The smallest absolute Gasteiger partial charge is 0.410 e. The zero-order chi connectivity index (χ0) is 22.2. The van der Waals surface area contributed by atoms with E-state index in [4.69, 9.17) is 16.3 Å². The highest BCUT2D eigenvalue weighted by Gasteiger charge is 2.37. The topological polar surface area (TPSA) is 79.7 Å². The van der Waals surface area contributed by atoms with Crippen molar-refractivity contribution in [2.75, 3.05) is 19.6 Å². The van der Waals surface area contributed by atoms with Crippen molar-refractivity contribution in [1.29, 1.82) is 0 Å². The summed E-state index contributed by atoms with van der Waals surface area (Å²) < 4.78 is 7.41. The summed E-state index contributed by atoms with van der Waals surface area (Å²) in [7, 11) is 0. The van der Waals surface area contributed by atoms with Gasteiger partial charge in [0.25, 0.3) is 5.91 Å². The first-order chi connectivity index (χ1) is 15.5. The number of rotatable bonds is 3. The number of piperazine rings is 1. The van der Waals surface area contributed by atoms with Crippen LogP contribution in [0.1, 0.15) is 46.6 Å². The summed E-state index contributed by atoms with van der Waals surface area (Å²) in [4.78, 5) is 29.5. The lowest BCUT2D eigenvalue weighted by atomic mass is 9.93. The molecular formula is C23H28ClN5O3. The Balaban J connectivity index is 1.24. The Morgan fingerprint density at radius 3 is 2.81 bits per heavy atom. The molecule has 5 heterocycles. The van der Waals surface area contributed by atoms with Crippen LogP contribution in [-0.4, -0.2) is 63.3 Å². The summed E-state index contributed by atoms with van der Waals surface area (Å²) in [5.41, 5.74) is 3.22. The highest BCUT2D eigenvalue weighted by atomic mass is 35.5. The minimum atomic E-state index is -0.371. The number of carbonyl (C=O) groups excluding carboxylic acids is 2. The van der Waals surface area contributed by atoms with Crippen LogP contribution < -0.4 is 5.32 Å². The molecule has 2 bridgehead atoms. The second-order valence-electron chi connectivity index (χ2n) is 9.00. The van der Waals surface area contributed by atoms with Crippen LogP contribution in [0.5, 0.6) is 0 Å². The van der Waals surface area contributed by atoms with Gasteiger partial charge in [-0.3, -0.25) is 9.48 Å². The van der Waals surface area contributed by atoms with Crippen molar-refractivity contribution in [1.82, 2.24) is 24.9 Å². The molecule has 3 saturated heterocycles. The summed E-state index contributed by atoms with van der Waals surface area (Å²) >= 11 is 6.10. The Bertz CT molecular complexity index is 1010. The summed E-state index contributed by atoms with van der Waals surface area (Å²) in [5, 5.41) is 8.69. The summed E-state index contributed by atoms with van der Waals surface area (Å²) in [5.74, 6) is -0.00720. The fraction of sp³-hybridized carbons (Fsp3) is 0.522. The summed E-state index contributed by atoms with van der Waals surface area (Å²) in [6.07, 6.45) is 2.55. The maximum atomic E-state index is 13.1. The number of ether oxygens (including phenoxy) is 1. The van der Waals surface area contributed by atoms with Gasteiger partial charge in [0.2, 0.25) is 0 Å². The number of fused-ring (bicyclic) bond motifs is 4. The number of benzene rings is 1. The van der Waals surface area contributed by atoms with E-state index in [-0.39, 0.29) is 24.6 Å². The summed E-state index contributed by atoms with van der Waals surface area (Å²) in [6.45, 7) is 5.36. The van der Waals surface area contributed by atoms with Gasteiger partial charge in [-0.05, 0) is 55.5 Å². The highest BCUT2D eigenvalue weighted by Crippen LogP contribution is 2.25. The quantitative estimate of drug-likeness (QED) is 0.766. The minimum absolute atomic E-state index is 0.00720. The van der Waals surface area contributed by atoms with Gasteiger partial charge in [0, 0.05) is 43.3 Å². The lowest BCUT2D eigenvalue weighted by molar-refractivity contribution is 0.0434. The molecule has 170 valence electrons. The third-order valence-corrected chi connectivity index (χ3v) is 6.78. The lowest BCUT2D eigenvalue weighted by Gasteiger charge is -2.45. The number of carbonyl (C=O) groups is 2. The van der Waals surface area contributed by atoms with Crippen LogP contribution in [0, 0.1) is 6.92 Å². The molecule has 1 N–H and O–H groups in total. The van der Waals surface area contributed by atoms with Crippen molar-refractivity contribution in [2.24, 2.45) is 0 Å². The van der Waals surface area contributed by atoms with Gasteiger partial charge >= 0.3 is 6.09 Å². The largest absolute Gasteiger partial charge is 0.445 e. The van der Waals surface area contributed by atoms with E-state index >= 15 is 0 Å². The maximum Gasteiger partial charge on any atom is 0.410 e. The molecule has 0 radical (unpaired) electrons. The van der Waals surface area contributed by atoms with E-state index in [2.05, 4.69) is 10.4 Å². The van der Waals surface area contributed by atoms with Gasteiger partial charge in [0.15, 0.2) is 5.69 Å². The number of piperidine rings is 2. The van der Waals surface area contributed by atoms with Crippen molar-refractivity contribution in [2.45, 2.75) is 58.0 Å². The van der Waals surface area contributed by atoms with E-state index in [1.807, 2.05) is 34.7 Å². The van der Waals surface area contributed by atoms with Gasteiger partial charge in [-0.1, -0.05) is 17.7 Å². The number of nitrogens with one attached hydrogen (secondary N) is 1. The number of aromatic nitrogens is 2. The molecule has 1 aromatic heterocycles. The van der Waals surface area contributed by atoms with Crippen LogP contribution in [0.2, 0.25) is 5.02 Å². The first-order valence-electron chi connectivity index (χ1n) is 11.2. The van der Waals surface area contributed by atoms with Crippen LogP contribution in [0.15, 0.2) is 24.3 Å². The molecule has 0 aliphatic carbocycles. The third kappa shape index (κ3) is 4.34. The van der Waals surface area contributed by atoms with E-state index in [1.165, 1.54) is 0 Å². The molecule has 3 fully saturated rings. The Kier molecular flexibility index (Phi) is 5.82. The van der Waals surface area contributed by atoms with Crippen molar-refractivity contribution in [3.05, 3.63) is 51.8 Å². The molecule has 4 aliphatic heterocycles.